The zero-order chi connectivity index (χ0) is 10.8. The fourth-order valence-corrected chi connectivity index (χ4v) is 2.05. The van der Waals surface area contributed by atoms with Crippen LogP contribution in [-0.2, 0) is 16.4 Å². The van der Waals surface area contributed by atoms with E-state index >= 15 is 0 Å². The summed E-state index contributed by atoms with van der Waals surface area (Å²) in [6, 6.07) is 4.76. The summed E-state index contributed by atoms with van der Waals surface area (Å²) >= 11 is 5.91. The van der Waals surface area contributed by atoms with Crippen molar-refractivity contribution in [3.63, 3.8) is 0 Å². The van der Waals surface area contributed by atoms with Crippen LogP contribution in [0.15, 0.2) is 23.1 Å². The van der Waals surface area contributed by atoms with Crippen molar-refractivity contribution in [2.45, 2.75) is 11.4 Å². The molecule has 0 radical (unpaired) electrons. The Morgan fingerprint density at radius 2 is 2.07 bits per heavy atom. The van der Waals surface area contributed by atoms with Crippen LogP contribution in [0.4, 0.5) is 0 Å². The van der Waals surface area contributed by atoms with E-state index in [4.69, 9.17) is 11.6 Å². The third-order valence-electron chi connectivity index (χ3n) is 1.82. The third-order valence-corrected chi connectivity index (χ3v) is 3.28. The molecule has 1 aromatic rings. The molecule has 0 saturated heterocycles. The molecule has 0 fully saturated rings. The first-order valence-electron chi connectivity index (χ1n) is 4.08. The maximum Gasteiger partial charge on any atom is 0.175 e. The third kappa shape index (κ3) is 2.70. The Bertz CT molecular complexity index is 428. The van der Waals surface area contributed by atoms with Gasteiger partial charge in [-0.25, -0.2) is 8.42 Å². The van der Waals surface area contributed by atoms with E-state index in [-0.39, 0.29) is 4.90 Å². The molecule has 78 valence electrons. The van der Waals surface area contributed by atoms with E-state index in [1.165, 1.54) is 6.07 Å². The summed E-state index contributed by atoms with van der Waals surface area (Å²) in [5, 5.41) is 3.42. The van der Waals surface area contributed by atoms with Crippen LogP contribution in [-0.4, -0.2) is 21.7 Å². The van der Waals surface area contributed by atoms with E-state index in [0.29, 0.717) is 11.6 Å². The number of hydrogen-bond donors (Lipinski definition) is 1. The first kappa shape index (κ1) is 11.5. The van der Waals surface area contributed by atoms with Gasteiger partial charge in [-0.15, -0.1) is 0 Å². The Morgan fingerprint density at radius 1 is 1.43 bits per heavy atom. The molecule has 1 N–H and O–H groups in total. The van der Waals surface area contributed by atoms with E-state index in [9.17, 15) is 8.42 Å². The van der Waals surface area contributed by atoms with Crippen LogP contribution in [0.3, 0.4) is 0 Å². The maximum atomic E-state index is 11.2. The Balaban J connectivity index is 3.13. The van der Waals surface area contributed by atoms with Crippen LogP contribution in [0, 0.1) is 0 Å². The molecular weight excluding hydrogens is 222 g/mol. The molecular formula is C9H12ClNO2S. The fourth-order valence-electron chi connectivity index (χ4n) is 1.09. The summed E-state index contributed by atoms with van der Waals surface area (Å²) in [5.74, 6) is 0. The van der Waals surface area contributed by atoms with Gasteiger partial charge < -0.3 is 5.32 Å². The Hall–Kier alpha value is -0.580. The lowest BCUT2D eigenvalue weighted by Gasteiger charge is -2.05. The lowest BCUT2D eigenvalue weighted by Crippen LogP contribution is -2.06. The van der Waals surface area contributed by atoms with Crippen molar-refractivity contribution in [3.05, 3.63) is 28.8 Å². The second-order valence-electron chi connectivity index (χ2n) is 3.06. The van der Waals surface area contributed by atoms with Crippen molar-refractivity contribution in [2.24, 2.45) is 0 Å². The van der Waals surface area contributed by atoms with E-state index in [0.717, 1.165) is 11.8 Å². The average Bonchev–Trinajstić information content (AvgIpc) is 2.07. The maximum absolute atomic E-state index is 11.2. The highest BCUT2D eigenvalue weighted by Crippen LogP contribution is 2.20. The normalized spacial score (nSPS) is 11.6. The van der Waals surface area contributed by atoms with Crippen molar-refractivity contribution in [1.82, 2.24) is 5.32 Å². The Morgan fingerprint density at radius 3 is 2.50 bits per heavy atom. The number of nitrogens with one attached hydrogen (secondary N) is 1. The molecule has 1 rings (SSSR count). The summed E-state index contributed by atoms with van der Waals surface area (Å²) in [6.07, 6.45) is 1.16. The molecule has 0 aliphatic carbocycles. The second-order valence-corrected chi connectivity index (χ2v) is 5.48. The van der Waals surface area contributed by atoms with Crippen LogP contribution in [0.5, 0.6) is 0 Å². The smallest absolute Gasteiger partial charge is 0.175 e. The molecule has 14 heavy (non-hydrogen) atoms. The number of halogens is 1. The zero-order valence-electron chi connectivity index (χ0n) is 8.04. The van der Waals surface area contributed by atoms with Crippen LogP contribution < -0.4 is 5.32 Å². The minimum Gasteiger partial charge on any atom is -0.316 e. The lowest BCUT2D eigenvalue weighted by molar-refractivity contribution is 0.602. The monoisotopic (exact) mass is 233 g/mol. The highest BCUT2D eigenvalue weighted by Gasteiger charge is 2.09. The fraction of sp³-hybridized carbons (Fsp3) is 0.333. The largest absolute Gasteiger partial charge is 0.316 e. The Labute approximate surface area is 89.0 Å². The molecule has 0 bridgehead atoms. The zero-order valence-corrected chi connectivity index (χ0v) is 9.61. The van der Waals surface area contributed by atoms with Gasteiger partial charge in [-0.2, -0.15) is 0 Å². The quantitative estimate of drug-likeness (QED) is 0.860. The van der Waals surface area contributed by atoms with Crippen LogP contribution in [0.25, 0.3) is 0 Å². The number of rotatable bonds is 3. The number of hydrogen-bond acceptors (Lipinski definition) is 3. The van der Waals surface area contributed by atoms with Gasteiger partial charge in [0.1, 0.15) is 0 Å². The summed E-state index contributed by atoms with van der Waals surface area (Å²) in [4.78, 5) is 0.252. The first-order chi connectivity index (χ1) is 6.45. The topological polar surface area (TPSA) is 46.2 Å². The average molecular weight is 234 g/mol. The van der Waals surface area contributed by atoms with E-state index in [1.54, 1.807) is 19.2 Å². The van der Waals surface area contributed by atoms with Gasteiger partial charge in [0, 0.05) is 17.8 Å². The Kier molecular flexibility index (Phi) is 3.53. The highest BCUT2D eigenvalue weighted by molar-refractivity contribution is 7.90. The van der Waals surface area contributed by atoms with Crippen molar-refractivity contribution in [2.75, 3.05) is 13.3 Å². The van der Waals surface area contributed by atoms with Crippen molar-refractivity contribution < 1.29 is 8.42 Å². The number of benzene rings is 1. The molecule has 0 amide bonds. The van der Waals surface area contributed by atoms with Gasteiger partial charge in [-0.1, -0.05) is 17.7 Å². The van der Waals surface area contributed by atoms with Crippen molar-refractivity contribution in [3.8, 4) is 0 Å². The van der Waals surface area contributed by atoms with Crippen LogP contribution >= 0.6 is 11.6 Å². The molecule has 0 aliphatic heterocycles. The molecule has 0 atom stereocenters. The summed E-state index contributed by atoms with van der Waals surface area (Å²) in [6.45, 7) is 0.628. The van der Waals surface area contributed by atoms with Gasteiger partial charge >= 0.3 is 0 Å². The van der Waals surface area contributed by atoms with Gasteiger partial charge in [-0.3, -0.25) is 0 Å². The first-order valence-corrected chi connectivity index (χ1v) is 6.35. The SMILES string of the molecule is CNCc1ccc(S(C)(=O)=O)cc1Cl. The highest BCUT2D eigenvalue weighted by atomic mass is 35.5. The minimum atomic E-state index is -3.16. The lowest BCUT2D eigenvalue weighted by atomic mass is 10.2. The molecule has 0 aliphatic rings. The van der Waals surface area contributed by atoms with Gasteiger partial charge in [0.25, 0.3) is 0 Å². The predicted molar refractivity (Wildman–Crippen MR) is 57.3 cm³/mol. The van der Waals surface area contributed by atoms with Gasteiger partial charge in [0.15, 0.2) is 9.84 Å². The standard InChI is InChI=1S/C9H12ClNO2S/c1-11-6-7-3-4-8(5-9(7)10)14(2,12)13/h3-5,11H,6H2,1-2H3. The van der Waals surface area contributed by atoms with Gasteiger partial charge in [0.2, 0.25) is 0 Å². The molecule has 0 aromatic heterocycles. The molecule has 0 heterocycles. The van der Waals surface area contributed by atoms with Gasteiger partial charge in [0.05, 0.1) is 4.90 Å². The van der Waals surface area contributed by atoms with E-state index in [1.807, 2.05) is 0 Å². The van der Waals surface area contributed by atoms with E-state index < -0.39 is 9.84 Å². The predicted octanol–water partition coefficient (Wildman–Crippen LogP) is 1.46. The molecule has 1 aromatic carbocycles. The molecule has 0 spiro atoms. The second kappa shape index (κ2) is 4.29. The summed E-state index contributed by atoms with van der Waals surface area (Å²) < 4.78 is 22.4. The molecule has 3 nitrogen and oxygen atoms in total. The molecule has 0 saturated carbocycles. The summed E-state index contributed by atoms with van der Waals surface area (Å²) in [5.41, 5.74) is 0.890. The van der Waals surface area contributed by atoms with Crippen LogP contribution in [0.2, 0.25) is 5.02 Å². The molecule has 5 heteroatoms. The van der Waals surface area contributed by atoms with Crippen LogP contribution in [0.1, 0.15) is 5.56 Å². The summed E-state index contributed by atoms with van der Waals surface area (Å²) in [7, 11) is -1.36. The van der Waals surface area contributed by atoms with Gasteiger partial charge in [-0.05, 0) is 24.7 Å². The minimum absolute atomic E-state index is 0.252. The molecule has 0 unspecified atom stereocenters. The van der Waals surface area contributed by atoms with Crippen molar-refractivity contribution in [1.29, 1.82) is 0 Å². The number of sulfone groups is 1. The van der Waals surface area contributed by atoms with E-state index in [2.05, 4.69) is 5.32 Å². The van der Waals surface area contributed by atoms with Crippen molar-refractivity contribution >= 4 is 21.4 Å².